The Morgan fingerprint density at radius 3 is 1.46 bits per heavy atom. The summed E-state index contributed by atoms with van der Waals surface area (Å²) in [6.45, 7) is 4.77. The lowest BCUT2D eigenvalue weighted by molar-refractivity contribution is 0.660. The van der Waals surface area contributed by atoms with Crippen molar-refractivity contribution in [3.05, 3.63) is 282 Å². The van der Waals surface area contributed by atoms with Gasteiger partial charge in [-0.15, -0.1) is 0 Å². The van der Waals surface area contributed by atoms with E-state index in [1.807, 2.05) is 0 Å². The number of hydrogen-bond acceptors (Lipinski definition) is 1. The Hall–Kier alpha value is -8.52. The van der Waals surface area contributed by atoms with E-state index in [9.17, 15) is 0 Å². The molecule has 11 aromatic carbocycles. The molecule has 1 heteroatoms. The van der Waals surface area contributed by atoms with E-state index in [0.717, 1.165) is 17.1 Å². The summed E-state index contributed by atoms with van der Waals surface area (Å²) in [7, 11) is 0. The molecule has 0 bridgehead atoms. The van der Waals surface area contributed by atoms with Crippen molar-refractivity contribution < 1.29 is 0 Å². The van der Waals surface area contributed by atoms with E-state index in [2.05, 4.69) is 267 Å². The van der Waals surface area contributed by atoms with Gasteiger partial charge < -0.3 is 4.90 Å². The van der Waals surface area contributed by atoms with E-state index < -0.39 is 5.41 Å². The molecule has 1 nitrogen and oxygen atoms in total. The molecule has 0 heterocycles. The molecule has 0 fully saturated rings. The molecule has 3 aliphatic carbocycles. The monoisotopic (exact) mass is 877 g/mol. The van der Waals surface area contributed by atoms with E-state index in [4.69, 9.17) is 0 Å². The summed E-state index contributed by atoms with van der Waals surface area (Å²) >= 11 is 0. The van der Waals surface area contributed by atoms with Gasteiger partial charge in [0.25, 0.3) is 0 Å². The van der Waals surface area contributed by atoms with Crippen LogP contribution < -0.4 is 4.90 Å². The largest absolute Gasteiger partial charge is 0.309 e. The first-order valence-corrected chi connectivity index (χ1v) is 24.3. The van der Waals surface area contributed by atoms with Crippen molar-refractivity contribution in [3.63, 3.8) is 0 Å². The fourth-order valence-corrected chi connectivity index (χ4v) is 12.8. The molecule has 324 valence electrons. The molecular weight excluding hydrogens is 831 g/mol. The minimum atomic E-state index is -0.503. The van der Waals surface area contributed by atoms with Crippen molar-refractivity contribution in [1.29, 1.82) is 0 Å². The lowest BCUT2D eigenvalue weighted by Gasteiger charge is -2.34. The molecule has 14 rings (SSSR count). The van der Waals surface area contributed by atoms with Gasteiger partial charge in [-0.3, -0.25) is 0 Å². The summed E-state index contributed by atoms with van der Waals surface area (Å²) in [5.41, 5.74) is 25.7. The van der Waals surface area contributed by atoms with Gasteiger partial charge in [-0.1, -0.05) is 238 Å². The van der Waals surface area contributed by atoms with Gasteiger partial charge in [-0.05, 0) is 124 Å². The first kappa shape index (κ1) is 39.6. The quantitative estimate of drug-likeness (QED) is 0.161. The summed E-state index contributed by atoms with van der Waals surface area (Å²) in [6.07, 6.45) is 0. The van der Waals surface area contributed by atoms with Crippen molar-refractivity contribution in [2.75, 3.05) is 4.90 Å². The van der Waals surface area contributed by atoms with Crippen molar-refractivity contribution in [1.82, 2.24) is 0 Å². The summed E-state index contributed by atoms with van der Waals surface area (Å²) < 4.78 is 0. The van der Waals surface area contributed by atoms with Crippen molar-refractivity contribution in [3.8, 4) is 66.8 Å². The van der Waals surface area contributed by atoms with E-state index in [1.165, 1.54) is 111 Å². The van der Waals surface area contributed by atoms with Crippen LogP contribution in [0.4, 0.5) is 17.1 Å². The number of hydrogen-bond donors (Lipinski definition) is 0. The second-order valence-electron chi connectivity index (χ2n) is 19.5. The van der Waals surface area contributed by atoms with Crippen LogP contribution in [0.3, 0.4) is 0 Å². The fourth-order valence-electron chi connectivity index (χ4n) is 12.8. The standard InChI is InChI=1S/C68H47N/c1-67(2)56-33-15-14-30-54(56)65-55(32-19-37-60(65)67)66-49-26-10-9-23-45(49)39-42-63(66)69(62-38-20-31-48(44-21-5-3-6-22-44)64(62)46-24-7-4-8-25-46)47-40-41-53-52-29-13-18-36-59(52)68(61(53)43-47)57-34-16-11-27-50(57)51-28-12-17-35-58(51)68/h3-43H,1-2H3. The third kappa shape index (κ3) is 5.53. The summed E-state index contributed by atoms with van der Waals surface area (Å²) in [4.78, 5) is 2.60. The van der Waals surface area contributed by atoms with Gasteiger partial charge in [0, 0.05) is 22.2 Å². The SMILES string of the molecule is CC1(C)c2ccccc2-c2c(-c3c(N(c4ccc5c(c4)C4(c6ccccc6-c6ccccc64)c4ccccc4-5)c4cccc(-c5ccccc5)c4-c4ccccc4)ccc4ccccc34)cccc21. The first-order chi connectivity index (χ1) is 34.0. The Morgan fingerprint density at radius 2 is 0.783 bits per heavy atom. The molecular formula is C68H47N. The van der Waals surface area contributed by atoms with Gasteiger partial charge in [0.1, 0.15) is 0 Å². The molecule has 0 saturated carbocycles. The maximum Gasteiger partial charge on any atom is 0.0726 e. The molecule has 0 radical (unpaired) electrons. The van der Waals surface area contributed by atoms with Crippen LogP contribution in [0.25, 0.3) is 77.5 Å². The Bertz CT molecular complexity index is 3810. The molecule has 0 saturated heterocycles. The van der Waals surface area contributed by atoms with E-state index in [0.29, 0.717) is 0 Å². The van der Waals surface area contributed by atoms with Crippen LogP contribution in [-0.4, -0.2) is 0 Å². The zero-order valence-electron chi connectivity index (χ0n) is 38.6. The topological polar surface area (TPSA) is 3.24 Å². The Balaban J connectivity index is 1.13. The molecule has 0 N–H and O–H groups in total. The summed E-state index contributed by atoms with van der Waals surface area (Å²) in [5.74, 6) is 0. The van der Waals surface area contributed by atoms with Gasteiger partial charge in [-0.25, -0.2) is 0 Å². The van der Waals surface area contributed by atoms with Gasteiger partial charge >= 0.3 is 0 Å². The molecule has 0 aliphatic heterocycles. The maximum atomic E-state index is 2.60. The minimum Gasteiger partial charge on any atom is -0.309 e. The minimum absolute atomic E-state index is 0.159. The highest BCUT2D eigenvalue weighted by atomic mass is 15.1. The summed E-state index contributed by atoms with van der Waals surface area (Å²) in [5, 5.41) is 2.43. The summed E-state index contributed by atoms with van der Waals surface area (Å²) in [6, 6.07) is 93.3. The van der Waals surface area contributed by atoms with Gasteiger partial charge in [0.2, 0.25) is 0 Å². The van der Waals surface area contributed by atoms with Crippen molar-refractivity contribution >= 4 is 27.8 Å². The molecule has 1 spiro atoms. The van der Waals surface area contributed by atoms with Gasteiger partial charge in [-0.2, -0.15) is 0 Å². The number of nitrogens with zero attached hydrogens (tertiary/aromatic N) is 1. The number of anilines is 3. The average Bonchev–Trinajstić information content (AvgIpc) is 3.97. The van der Waals surface area contributed by atoms with Crippen LogP contribution in [0.5, 0.6) is 0 Å². The molecule has 11 aromatic rings. The lowest BCUT2D eigenvalue weighted by atomic mass is 9.70. The third-order valence-corrected chi connectivity index (χ3v) is 15.7. The Labute approximate surface area is 404 Å². The van der Waals surface area contributed by atoms with E-state index >= 15 is 0 Å². The van der Waals surface area contributed by atoms with Crippen molar-refractivity contribution in [2.45, 2.75) is 24.7 Å². The average molecular weight is 878 g/mol. The smallest absolute Gasteiger partial charge is 0.0726 e. The van der Waals surface area contributed by atoms with Gasteiger partial charge in [0.05, 0.1) is 16.8 Å². The van der Waals surface area contributed by atoms with Crippen molar-refractivity contribution in [2.24, 2.45) is 0 Å². The second-order valence-corrected chi connectivity index (χ2v) is 19.5. The first-order valence-electron chi connectivity index (χ1n) is 24.3. The molecule has 0 unspecified atom stereocenters. The zero-order chi connectivity index (χ0) is 45.8. The number of fused-ring (bicyclic) bond motifs is 14. The Kier molecular flexibility index (Phi) is 8.61. The van der Waals surface area contributed by atoms with Crippen LogP contribution >= 0.6 is 0 Å². The normalized spacial score (nSPS) is 13.9. The highest BCUT2D eigenvalue weighted by Crippen LogP contribution is 2.64. The van der Waals surface area contributed by atoms with E-state index in [1.54, 1.807) is 0 Å². The van der Waals surface area contributed by atoms with Crippen LogP contribution in [0.1, 0.15) is 47.2 Å². The zero-order valence-corrected chi connectivity index (χ0v) is 38.6. The van der Waals surface area contributed by atoms with Crippen LogP contribution in [-0.2, 0) is 10.8 Å². The predicted octanol–water partition coefficient (Wildman–Crippen LogP) is 18.0. The molecule has 0 aromatic heterocycles. The van der Waals surface area contributed by atoms with Crippen LogP contribution in [0.2, 0.25) is 0 Å². The second kappa shape index (κ2) is 15.0. The highest BCUT2D eigenvalue weighted by Gasteiger charge is 2.52. The molecule has 0 amide bonds. The number of rotatable bonds is 6. The molecule has 3 aliphatic rings. The maximum absolute atomic E-state index is 2.60. The lowest BCUT2D eigenvalue weighted by Crippen LogP contribution is -2.26. The highest BCUT2D eigenvalue weighted by molar-refractivity contribution is 6.11. The molecule has 69 heavy (non-hydrogen) atoms. The van der Waals surface area contributed by atoms with Crippen LogP contribution in [0.15, 0.2) is 249 Å². The predicted molar refractivity (Wildman–Crippen MR) is 289 cm³/mol. The third-order valence-electron chi connectivity index (χ3n) is 15.7. The molecule has 0 atom stereocenters. The van der Waals surface area contributed by atoms with E-state index in [-0.39, 0.29) is 5.41 Å². The fraction of sp³-hybridized carbons (Fsp3) is 0.0588. The Morgan fingerprint density at radius 1 is 0.290 bits per heavy atom. The van der Waals surface area contributed by atoms with Crippen LogP contribution in [0, 0.1) is 0 Å². The van der Waals surface area contributed by atoms with Gasteiger partial charge in [0.15, 0.2) is 0 Å². The number of benzene rings is 11.